The standard InChI is InChI=1S/C11H10ClN/c1-2-8-7-11(12)13-10-6-4-3-5-9(8)10/h3-7H,2H2,1H3. The van der Waals surface area contributed by atoms with Crippen molar-refractivity contribution in [1.82, 2.24) is 4.98 Å². The predicted molar refractivity (Wildman–Crippen MR) is 56.1 cm³/mol. The molecule has 0 radical (unpaired) electrons. The van der Waals surface area contributed by atoms with Gasteiger partial charge in [0.15, 0.2) is 0 Å². The van der Waals surface area contributed by atoms with E-state index >= 15 is 0 Å². The number of pyridine rings is 1. The van der Waals surface area contributed by atoms with Gasteiger partial charge in [-0.1, -0.05) is 36.7 Å². The summed E-state index contributed by atoms with van der Waals surface area (Å²) in [6.07, 6.45) is 0.989. The lowest BCUT2D eigenvalue weighted by Crippen LogP contribution is -1.87. The third-order valence-electron chi connectivity index (χ3n) is 2.15. The van der Waals surface area contributed by atoms with Crippen molar-refractivity contribution in [2.75, 3.05) is 0 Å². The molecule has 2 rings (SSSR count). The summed E-state index contributed by atoms with van der Waals surface area (Å²) in [5, 5.41) is 1.78. The van der Waals surface area contributed by atoms with Crippen LogP contribution >= 0.6 is 11.6 Å². The van der Waals surface area contributed by atoms with Gasteiger partial charge in [-0.3, -0.25) is 0 Å². The minimum absolute atomic E-state index is 0.579. The molecular weight excluding hydrogens is 182 g/mol. The zero-order valence-corrected chi connectivity index (χ0v) is 8.17. The monoisotopic (exact) mass is 191 g/mol. The summed E-state index contributed by atoms with van der Waals surface area (Å²) in [5.74, 6) is 0. The molecule has 0 aliphatic carbocycles. The Hall–Kier alpha value is -1.08. The van der Waals surface area contributed by atoms with Gasteiger partial charge in [-0.2, -0.15) is 0 Å². The average molecular weight is 192 g/mol. The molecule has 0 aliphatic rings. The molecule has 66 valence electrons. The van der Waals surface area contributed by atoms with Crippen molar-refractivity contribution >= 4 is 22.5 Å². The number of aromatic nitrogens is 1. The van der Waals surface area contributed by atoms with E-state index in [0.717, 1.165) is 11.9 Å². The fourth-order valence-electron chi connectivity index (χ4n) is 1.50. The summed E-state index contributed by atoms with van der Waals surface area (Å²) in [7, 11) is 0. The van der Waals surface area contributed by atoms with Gasteiger partial charge >= 0.3 is 0 Å². The van der Waals surface area contributed by atoms with Gasteiger partial charge in [-0.15, -0.1) is 0 Å². The Morgan fingerprint density at radius 2 is 2.08 bits per heavy atom. The summed E-state index contributed by atoms with van der Waals surface area (Å²) >= 11 is 5.89. The van der Waals surface area contributed by atoms with E-state index < -0.39 is 0 Å². The maximum atomic E-state index is 5.89. The van der Waals surface area contributed by atoms with Crippen LogP contribution in [0.15, 0.2) is 30.3 Å². The zero-order chi connectivity index (χ0) is 9.26. The molecule has 0 spiro atoms. The normalized spacial score (nSPS) is 10.6. The number of rotatable bonds is 1. The lowest BCUT2D eigenvalue weighted by Gasteiger charge is -2.03. The number of hydrogen-bond acceptors (Lipinski definition) is 1. The van der Waals surface area contributed by atoms with E-state index in [4.69, 9.17) is 11.6 Å². The highest BCUT2D eigenvalue weighted by molar-refractivity contribution is 6.29. The van der Waals surface area contributed by atoms with Crippen LogP contribution in [0.1, 0.15) is 12.5 Å². The minimum Gasteiger partial charge on any atom is -0.236 e. The van der Waals surface area contributed by atoms with Gasteiger partial charge in [0.05, 0.1) is 5.52 Å². The van der Waals surface area contributed by atoms with E-state index in [9.17, 15) is 0 Å². The first kappa shape index (κ1) is 8.52. The van der Waals surface area contributed by atoms with Gasteiger partial charge in [0.2, 0.25) is 0 Å². The van der Waals surface area contributed by atoms with Crippen molar-refractivity contribution in [3.8, 4) is 0 Å². The molecule has 0 amide bonds. The van der Waals surface area contributed by atoms with Crippen molar-refractivity contribution in [3.05, 3.63) is 41.0 Å². The smallest absolute Gasteiger partial charge is 0.130 e. The Labute approximate surface area is 82.4 Å². The maximum Gasteiger partial charge on any atom is 0.130 e. The van der Waals surface area contributed by atoms with E-state index in [1.165, 1.54) is 10.9 Å². The number of fused-ring (bicyclic) bond motifs is 1. The van der Waals surface area contributed by atoms with Crippen molar-refractivity contribution in [3.63, 3.8) is 0 Å². The number of benzene rings is 1. The van der Waals surface area contributed by atoms with Crippen LogP contribution in [0.2, 0.25) is 5.15 Å². The highest BCUT2D eigenvalue weighted by Crippen LogP contribution is 2.20. The third kappa shape index (κ3) is 1.52. The number of aryl methyl sites for hydroxylation is 1. The van der Waals surface area contributed by atoms with Crippen LogP contribution in [0.4, 0.5) is 0 Å². The molecule has 2 heteroatoms. The number of hydrogen-bond donors (Lipinski definition) is 0. The van der Waals surface area contributed by atoms with Gasteiger partial charge in [0.25, 0.3) is 0 Å². The molecule has 0 N–H and O–H groups in total. The molecule has 0 atom stereocenters. The van der Waals surface area contributed by atoms with Crippen molar-refractivity contribution < 1.29 is 0 Å². The first-order chi connectivity index (χ1) is 6.31. The van der Waals surface area contributed by atoms with Crippen LogP contribution in [-0.2, 0) is 6.42 Å². The molecule has 1 nitrogen and oxygen atoms in total. The number of halogens is 1. The third-order valence-corrected chi connectivity index (χ3v) is 2.35. The maximum absolute atomic E-state index is 5.89. The predicted octanol–water partition coefficient (Wildman–Crippen LogP) is 3.45. The molecule has 0 saturated heterocycles. The molecule has 0 unspecified atom stereocenters. The molecule has 0 saturated carbocycles. The SMILES string of the molecule is CCc1cc(Cl)nc2ccccc12. The molecule has 1 aromatic heterocycles. The van der Waals surface area contributed by atoms with E-state index in [-0.39, 0.29) is 0 Å². The van der Waals surface area contributed by atoms with Crippen molar-refractivity contribution in [1.29, 1.82) is 0 Å². The van der Waals surface area contributed by atoms with Crippen LogP contribution in [0.3, 0.4) is 0 Å². The molecule has 1 heterocycles. The first-order valence-corrected chi connectivity index (χ1v) is 4.73. The molecule has 0 fully saturated rings. The van der Waals surface area contributed by atoms with Crippen LogP contribution < -0.4 is 0 Å². The van der Waals surface area contributed by atoms with Gasteiger partial charge in [0, 0.05) is 5.39 Å². The fraction of sp³-hybridized carbons (Fsp3) is 0.182. The average Bonchev–Trinajstić information content (AvgIpc) is 2.16. The fourth-order valence-corrected chi connectivity index (χ4v) is 1.73. The Kier molecular flexibility index (Phi) is 2.19. The zero-order valence-electron chi connectivity index (χ0n) is 7.42. The lowest BCUT2D eigenvalue weighted by molar-refractivity contribution is 1.15. The summed E-state index contributed by atoms with van der Waals surface area (Å²) in [4.78, 5) is 4.25. The largest absolute Gasteiger partial charge is 0.236 e. The van der Waals surface area contributed by atoms with E-state index in [1.54, 1.807) is 0 Å². The quantitative estimate of drug-likeness (QED) is 0.630. The van der Waals surface area contributed by atoms with Gasteiger partial charge < -0.3 is 0 Å². The molecule has 13 heavy (non-hydrogen) atoms. The van der Waals surface area contributed by atoms with Gasteiger partial charge in [0.1, 0.15) is 5.15 Å². The Bertz CT molecular complexity index is 437. The summed E-state index contributed by atoms with van der Waals surface area (Å²) in [6, 6.07) is 10.0. The molecule has 1 aromatic carbocycles. The van der Waals surface area contributed by atoms with Crippen molar-refractivity contribution in [2.45, 2.75) is 13.3 Å². The van der Waals surface area contributed by atoms with E-state index in [1.807, 2.05) is 24.3 Å². The molecule has 0 aliphatic heterocycles. The van der Waals surface area contributed by atoms with Gasteiger partial charge in [-0.25, -0.2) is 4.98 Å². The number of nitrogens with zero attached hydrogens (tertiary/aromatic N) is 1. The summed E-state index contributed by atoms with van der Waals surface area (Å²) in [6.45, 7) is 2.12. The second-order valence-electron chi connectivity index (χ2n) is 2.97. The Balaban J connectivity index is 2.81. The second kappa shape index (κ2) is 3.35. The number of para-hydroxylation sites is 1. The first-order valence-electron chi connectivity index (χ1n) is 4.35. The Morgan fingerprint density at radius 1 is 1.31 bits per heavy atom. The molecular formula is C11H10ClN. The highest BCUT2D eigenvalue weighted by Gasteiger charge is 2.01. The van der Waals surface area contributed by atoms with Crippen LogP contribution in [0.25, 0.3) is 10.9 Å². The van der Waals surface area contributed by atoms with Crippen LogP contribution in [-0.4, -0.2) is 4.98 Å². The Morgan fingerprint density at radius 3 is 2.85 bits per heavy atom. The highest BCUT2D eigenvalue weighted by atomic mass is 35.5. The van der Waals surface area contributed by atoms with E-state index in [0.29, 0.717) is 5.15 Å². The van der Waals surface area contributed by atoms with Crippen LogP contribution in [0, 0.1) is 0 Å². The molecule has 0 bridgehead atoms. The lowest BCUT2D eigenvalue weighted by atomic mass is 10.1. The summed E-state index contributed by atoms with van der Waals surface area (Å²) < 4.78 is 0. The van der Waals surface area contributed by atoms with Gasteiger partial charge in [-0.05, 0) is 24.1 Å². The van der Waals surface area contributed by atoms with Crippen LogP contribution in [0.5, 0.6) is 0 Å². The summed E-state index contributed by atoms with van der Waals surface area (Å²) in [5.41, 5.74) is 2.24. The minimum atomic E-state index is 0.579. The van der Waals surface area contributed by atoms with E-state index in [2.05, 4.69) is 18.0 Å². The topological polar surface area (TPSA) is 12.9 Å². The second-order valence-corrected chi connectivity index (χ2v) is 3.36. The molecule has 2 aromatic rings. The van der Waals surface area contributed by atoms with Crippen molar-refractivity contribution in [2.24, 2.45) is 0 Å².